The third kappa shape index (κ3) is 2.42. The Morgan fingerprint density at radius 1 is 0.857 bits per heavy atom. The van der Waals surface area contributed by atoms with Gasteiger partial charge < -0.3 is 9.47 Å². The van der Waals surface area contributed by atoms with Crippen LogP contribution in [0.3, 0.4) is 0 Å². The fraction of sp³-hybridized carbons (Fsp3) is 0.944. The van der Waals surface area contributed by atoms with Gasteiger partial charge in [0.2, 0.25) is 0 Å². The number of fused-ring (bicyclic) bond motifs is 5. The lowest BCUT2D eigenvalue weighted by Crippen LogP contribution is -2.37. The van der Waals surface area contributed by atoms with Crippen molar-refractivity contribution < 1.29 is 14.3 Å². The van der Waals surface area contributed by atoms with Gasteiger partial charge in [-0.1, -0.05) is 6.42 Å². The van der Waals surface area contributed by atoms with Gasteiger partial charge in [-0.2, -0.15) is 0 Å². The Labute approximate surface area is 127 Å². The molecule has 0 aromatic carbocycles. The number of hydrogen-bond acceptors (Lipinski definition) is 3. The Balaban J connectivity index is 1.36. The van der Waals surface area contributed by atoms with Gasteiger partial charge in [-0.3, -0.25) is 4.79 Å². The first-order valence-corrected chi connectivity index (χ1v) is 8.99. The number of rotatable bonds is 3. The van der Waals surface area contributed by atoms with Gasteiger partial charge in [-0.05, 0) is 75.0 Å². The van der Waals surface area contributed by atoms with Crippen LogP contribution in [0.15, 0.2) is 0 Å². The molecule has 4 fully saturated rings. The highest BCUT2D eigenvalue weighted by Gasteiger charge is 2.53. The van der Waals surface area contributed by atoms with Crippen LogP contribution in [-0.2, 0) is 14.3 Å². The molecule has 0 heterocycles. The molecular weight excluding hydrogens is 264 g/mol. The maximum atomic E-state index is 12.6. The SMILES string of the molecule is COC1CCCCC1OC(=O)C1CC2C3CCC(C3)C2C1. The third-order valence-corrected chi connectivity index (χ3v) is 6.93. The Bertz CT molecular complexity index is 389. The standard InChI is InChI=1S/C18H28O3/c1-20-16-4-2-3-5-17(16)21-18(19)13-9-14-11-6-7-12(8-11)15(14)10-13/h11-17H,2-10H2,1H3. The first-order valence-electron chi connectivity index (χ1n) is 8.99. The van der Waals surface area contributed by atoms with Crippen molar-refractivity contribution in [3.8, 4) is 0 Å². The fourth-order valence-electron chi connectivity index (χ4n) is 5.92. The zero-order chi connectivity index (χ0) is 14.4. The van der Waals surface area contributed by atoms with Gasteiger partial charge in [-0.15, -0.1) is 0 Å². The molecule has 4 saturated carbocycles. The monoisotopic (exact) mass is 292 g/mol. The van der Waals surface area contributed by atoms with Gasteiger partial charge in [0.1, 0.15) is 6.10 Å². The fourth-order valence-corrected chi connectivity index (χ4v) is 5.92. The molecule has 0 saturated heterocycles. The molecule has 6 atom stereocenters. The van der Waals surface area contributed by atoms with Crippen LogP contribution in [0.1, 0.15) is 57.8 Å². The summed E-state index contributed by atoms with van der Waals surface area (Å²) in [5.74, 6) is 3.80. The molecule has 3 nitrogen and oxygen atoms in total. The molecule has 6 unspecified atom stereocenters. The summed E-state index contributed by atoms with van der Waals surface area (Å²) in [4.78, 5) is 12.6. The highest BCUT2D eigenvalue weighted by molar-refractivity contribution is 5.73. The minimum Gasteiger partial charge on any atom is -0.459 e. The Morgan fingerprint density at radius 3 is 2.10 bits per heavy atom. The molecule has 0 spiro atoms. The Morgan fingerprint density at radius 2 is 1.48 bits per heavy atom. The third-order valence-electron chi connectivity index (χ3n) is 6.93. The molecule has 4 rings (SSSR count). The van der Waals surface area contributed by atoms with Crippen molar-refractivity contribution in [1.29, 1.82) is 0 Å². The van der Waals surface area contributed by atoms with Gasteiger partial charge in [0, 0.05) is 7.11 Å². The first kappa shape index (κ1) is 14.0. The van der Waals surface area contributed by atoms with Crippen molar-refractivity contribution in [2.75, 3.05) is 7.11 Å². The molecule has 4 aliphatic carbocycles. The van der Waals surface area contributed by atoms with Crippen LogP contribution in [-0.4, -0.2) is 25.3 Å². The van der Waals surface area contributed by atoms with E-state index in [1.165, 1.54) is 25.7 Å². The predicted octanol–water partition coefficient (Wildman–Crippen LogP) is 3.56. The molecule has 0 N–H and O–H groups in total. The second kappa shape index (κ2) is 5.57. The summed E-state index contributed by atoms with van der Waals surface area (Å²) in [7, 11) is 1.74. The smallest absolute Gasteiger partial charge is 0.309 e. The average Bonchev–Trinajstić information content (AvgIpc) is 3.20. The van der Waals surface area contributed by atoms with E-state index < -0.39 is 0 Å². The normalized spacial score (nSPS) is 48.3. The number of hydrogen-bond donors (Lipinski definition) is 0. The Kier molecular flexibility index (Phi) is 3.72. The molecule has 4 aliphatic rings. The average molecular weight is 292 g/mol. The van der Waals surface area contributed by atoms with Crippen LogP contribution in [0.25, 0.3) is 0 Å². The molecular formula is C18H28O3. The van der Waals surface area contributed by atoms with Crippen LogP contribution in [0, 0.1) is 29.6 Å². The molecule has 0 aliphatic heterocycles. The van der Waals surface area contributed by atoms with Gasteiger partial charge in [-0.25, -0.2) is 0 Å². The van der Waals surface area contributed by atoms with Crippen molar-refractivity contribution in [2.24, 2.45) is 29.6 Å². The molecule has 2 bridgehead atoms. The number of carbonyl (C=O) groups is 1. The molecule has 3 heteroatoms. The second-order valence-electron chi connectivity index (χ2n) is 7.86. The van der Waals surface area contributed by atoms with Crippen LogP contribution >= 0.6 is 0 Å². The molecule has 0 aromatic rings. The molecule has 21 heavy (non-hydrogen) atoms. The molecule has 0 aromatic heterocycles. The summed E-state index contributed by atoms with van der Waals surface area (Å²) in [5.41, 5.74) is 0. The van der Waals surface area contributed by atoms with Crippen molar-refractivity contribution in [3.05, 3.63) is 0 Å². The zero-order valence-corrected chi connectivity index (χ0v) is 13.1. The summed E-state index contributed by atoms with van der Waals surface area (Å²) in [6, 6.07) is 0. The van der Waals surface area contributed by atoms with Crippen LogP contribution in [0.5, 0.6) is 0 Å². The summed E-state index contributed by atoms with van der Waals surface area (Å²) >= 11 is 0. The van der Waals surface area contributed by atoms with Crippen LogP contribution in [0.2, 0.25) is 0 Å². The maximum Gasteiger partial charge on any atom is 0.309 e. The lowest BCUT2D eigenvalue weighted by Gasteiger charge is -2.30. The highest BCUT2D eigenvalue weighted by Crippen LogP contribution is 2.60. The van der Waals surface area contributed by atoms with E-state index >= 15 is 0 Å². The molecule has 118 valence electrons. The minimum atomic E-state index is 0.00779. The van der Waals surface area contributed by atoms with E-state index in [9.17, 15) is 4.79 Å². The maximum absolute atomic E-state index is 12.6. The van der Waals surface area contributed by atoms with Crippen LogP contribution < -0.4 is 0 Å². The predicted molar refractivity (Wildman–Crippen MR) is 79.7 cm³/mol. The second-order valence-corrected chi connectivity index (χ2v) is 7.86. The van der Waals surface area contributed by atoms with Crippen molar-refractivity contribution >= 4 is 5.97 Å². The van der Waals surface area contributed by atoms with E-state index in [-0.39, 0.29) is 24.1 Å². The molecule has 0 radical (unpaired) electrons. The van der Waals surface area contributed by atoms with E-state index in [4.69, 9.17) is 9.47 Å². The summed E-state index contributed by atoms with van der Waals surface area (Å²) in [6.07, 6.45) is 11.0. The minimum absolute atomic E-state index is 0.00779. The van der Waals surface area contributed by atoms with Gasteiger partial charge in [0.15, 0.2) is 0 Å². The van der Waals surface area contributed by atoms with E-state index in [2.05, 4.69) is 0 Å². The number of carbonyl (C=O) groups excluding carboxylic acids is 1. The first-order chi connectivity index (χ1) is 10.3. The van der Waals surface area contributed by atoms with Crippen molar-refractivity contribution in [1.82, 2.24) is 0 Å². The number of methoxy groups -OCH3 is 1. The Hall–Kier alpha value is -0.570. The summed E-state index contributed by atoms with van der Waals surface area (Å²) in [5, 5.41) is 0. The summed E-state index contributed by atoms with van der Waals surface area (Å²) in [6.45, 7) is 0. The van der Waals surface area contributed by atoms with Gasteiger partial charge in [0.05, 0.1) is 12.0 Å². The largest absolute Gasteiger partial charge is 0.459 e. The van der Waals surface area contributed by atoms with E-state index in [0.29, 0.717) is 0 Å². The topological polar surface area (TPSA) is 35.5 Å². The number of ether oxygens (including phenoxy) is 2. The quantitative estimate of drug-likeness (QED) is 0.746. The molecule has 0 amide bonds. The lowest BCUT2D eigenvalue weighted by atomic mass is 9.82. The van der Waals surface area contributed by atoms with Gasteiger partial charge >= 0.3 is 5.97 Å². The van der Waals surface area contributed by atoms with Crippen molar-refractivity contribution in [2.45, 2.75) is 70.0 Å². The van der Waals surface area contributed by atoms with Crippen LogP contribution in [0.4, 0.5) is 0 Å². The van der Waals surface area contributed by atoms with Crippen molar-refractivity contribution in [3.63, 3.8) is 0 Å². The highest BCUT2D eigenvalue weighted by atomic mass is 16.6. The van der Waals surface area contributed by atoms with E-state index in [1.807, 2.05) is 0 Å². The summed E-state index contributed by atoms with van der Waals surface area (Å²) < 4.78 is 11.4. The van der Waals surface area contributed by atoms with E-state index in [0.717, 1.165) is 55.8 Å². The van der Waals surface area contributed by atoms with Gasteiger partial charge in [0.25, 0.3) is 0 Å². The lowest BCUT2D eigenvalue weighted by molar-refractivity contribution is -0.164. The zero-order valence-electron chi connectivity index (χ0n) is 13.1. The van der Waals surface area contributed by atoms with E-state index in [1.54, 1.807) is 7.11 Å². The number of esters is 1.